The average Bonchev–Trinajstić information content (AvgIpc) is 2.83. The molecule has 0 saturated carbocycles. The van der Waals surface area contributed by atoms with Crippen molar-refractivity contribution < 1.29 is 42.6 Å². The molecule has 0 spiro atoms. The number of hydrogen-bond acceptors (Lipinski definition) is 10. The molecule has 0 aliphatic heterocycles. The molecule has 0 N–H and O–H groups in total. The molecule has 0 fully saturated rings. The summed E-state index contributed by atoms with van der Waals surface area (Å²) in [5.74, 6) is 0. The van der Waals surface area contributed by atoms with Gasteiger partial charge in [-0.15, -0.1) is 0 Å². The number of methoxy groups -OCH3 is 2. The van der Waals surface area contributed by atoms with Gasteiger partial charge < -0.3 is 42.6 Å². The van der Waals surface area contributed by atoms with Crippen LogP contribution >= 0.6 is 0 Å². The molecular weight excluding hydrogens is 434 g/mol. The van der Waals surface area contributed by atoms with E-state index in [2.05, 4.69) is 11.8 Å². The predicted octanol–water partition coefficient (Wildman–Crippen LogP) is 1.11. The highest BCUT2D eigenvalue weighted by atomic mass is 16.6. The molecule has 0 aromatic carbocycles. The lowest BCUT2D eigenvalue weighted by Crippen LogP contribution is -2.34. The fourth-order valence-electron chi connectivity index (χ4n) is 2.53. The van der Waals surface area contributed by atoms with E-state index in [0.717, 1.165) is 32.7 Å². The van der Waals surface area contributed by atoms with E-state index >= 15 is 0 Å². The summed E-state index contributed by atoms with van der Waals surface area (Å²) in [5.41, 5.74) is 0. The zero-order chi connectivity index (χ0) is 24.1. The van der Waals surface area contributed by atoms with Crippen molar-refractivity contribution in [3.63, 3.8) is 0 Å². The molecule has 0 aliphatic rings. The monoisotopic (exact) mass is 483 g/mol. The molecule has 0 aromatic heterocycles. The molecule has 10 heteroatoms. The second-order valence-electron chi connectivity index (χ2n) is 7.11. The Labute approximate surface area is 201 Å². The molecule has 0 aromatic rings. The second kappa shape index (κ2) is 29.6. The van der Waals surface area contributed by atoms with Crippen LogP contribution in [0.2, 0.25) is 0 Å². The van der Waals surface area contributed by atoms with Crippen molar-refractivity contribution in [1.82, 2.24) is 4.90 Å². The minimum atomic E-state index is 0.572. The van der Waals surface area contributed by atoms with Crippen LogP contribution in [0.1, 0.15) is 13.3 Å². The summed E-state index contributed by atoms with van der Waals surface area (Å²) in [6.45, 7) is 14.3. The average molecular weight is 484 g/mol. The Bertz CT molecular complexity index is 334. The van der Waals surface area contributed by atoms with Gasteiger partial charge in [-0.25, -0.2) is 0 Å². The van der Waals surface area contributed by atoms with Crippen LogP contribution < -0.4 is 0 Å². The van der Waals surface area contributed by atoms with Crippen LogP contribution in [0.5, 0.6) is 0 Å². The summed E-state index contributed by atoms with van der Waals surface area (Å²) in [4.78, 5) is 2.27. The zero-order valence-electron chi connectivity index (χ0n) is 21.3. The molecule has 0 unspecified atom stereocenters. The van der Waals surface area contributed by atoms with Crippen molar-refractivity contribution in [3.05, 3.63) is 0 Å². The standard InChI is InChI=1S/C23H49NO9/c1-4-8-27-16-20-33-23-19-30-11-7-24(5-9-28-17-21-31-14-12-25-2)6-10-29-18-22-32-15-13-26-3/h4-23H2,1-3H3. The summed E-state index contributed by atoms with van der Waals surface area (Å²) in [6, 6.07) is 0. The first-order valence-corrected chi connectivity index (χ1v) is 12.1. The van der Waals surface area contributed by atoms with Crippen molar-refractivity contribution in [1.29, 1.82) is 0 Å². The molecule has 0 bridgehead atoms. The van der Waals surface area contributed by atoms with Crippen LogP contribution in [-0.2, 0) is 42.6 Å². The quantitative estimate of drug-likeness (QED) is 0.144. The number of nitrogens with zero attached hydrogens (tertiary/aromatic N) is 1. The topological polar surface area (TPSA) is 86.3 Å². The Hall–Kier alpha value is -0.400. The van der Waals surface area contributed by atoms with E-state index in [1.54, 1.807) is 14.2 Å². The molecule has 0 saturated heterocycles. The summed E-state index contributed by atoms with van der Waals surface area (Å²) < 4.78 is 48.6. The van der Waals surface area contributed by atoms with E-state index in [0.29, 0.717) is 99.1 Å². The van der Waals surface area contributed by atoms with E-state index in [4.69, 9.17) is 42.6 Å². The third kappa shape index (κ3) is 27.7. The third-order valence-electron chi connectivity index (χ3n) is 4.36. The van der Waals surface area contributed by atoms with Gasteiger partial charge in [-0.3, -0.25) is 4.90 Å². The molecule has 33 heavy (non-hydrogen) atoms. The Morgan fingerprint density at radius 2 is 0.636 bits per heavy atom. The van der Waals surface area contributed by atoms with Crippen LogP contribution in [0.3, 0.4) is 0 Å². The van der Waals surface area contributed by atoms with E-state index < -0.39 is 0 Å². The minimum Gasteiger partial charge on any atom is -0.382 e. The van der Waals surface area contributed by atoms with Crippen LogP contribution in [0.25, 0.3) is 0 Å². The van der Waals surface area contributed by atoms with Gasteiger partial charge in [0.05, 0.1) is 99.1 Å². The van der Waals surface area contributed by atoms with Crippen molar-refractivity contribution in [2.75, 3.05) is 140 Å². The number of rotatable bonds is 29. The molecular formula is C23H49NO9. The maximum Gasteiger partial charge on any atom is 0.0701 e. The Morgan fingerprint density at radius 3 is 0.939 bits per heavy atom. The first-order valence-electron chi connectivity index (χ1n) is 12.1. The van der Waals surface area contributed by atoms with Gasteiger partial charge in [0.15, 0.2) is 0 Å². The summed E-state index contributed by atoms with van der Waals surface area (Å²) in [7, 11) is 3.32. The SMILES string of the molecule is CCCOCCOCCOCCN(CCOCCOCCOC)CCOCCOCCOC. The molecule has 0 atom stereocenters. The van der Waals surface area contributed by atoms with E-state index in [1.165, 1.54) is 0 Å². The lowest BCUT2D eigenvalue weighted by Gasteiger charge is -2.22. The van der Waals surface area contributed by atoms with Crippen LogP contribution in [0, 0.1) is 0 Å². The van der Waals surface area contributed by atoms with Gasteiger partial charge in [0.2, 0.25) is 0 Å². The smallest absolute Gasteiger partial charge is 0.0701 e. The molecule has 0 amide bonds. The van der Waals surface area contributed by atoms with Crippen LogP contribution in [-0.4, -0.2) is 144 Å². The maximum absolute atomic E-state index is 5.70. The fourth-order valence-corrected chi connectivity index (χ4v) is 2.53. The Morgan fingerprint density at radius 1 is 0.364 bits per heavy atom. The van der Waals surface area contributed by atoms with Crippen molar-refractivity contribution >= 4 is 0 Å². The lowest BCUT2D eigenvalue weighted by atomic mass is 10.4. The highest BCUT2D eigenvalue weighted by molar-refractivity contribution is 4.57. The largest absolute Gasteiger partial charge is 0.382 e. The molecule has 0 heterocycles. The van der Waals surface area contributed by atoms with Crippen LogP contribution in [0.4, 0.5) is 0 Å². The van der Waals surface area contributed by atoms with Gasteiger partial charge >= 0.3 is 0 Å². The first kappa shape index (κ1) is 32.6. The Balaban J connectivity index is 3.83. The van der Waals surface area contributed by atoms with Crippen molar-refractivity contribution in [3.8, 4) is 0 Å². The zero-order valence-corrected chi connectivity index (χ0v) is 21.3. The molecule has 0 rings (SSSR count). The lowest BCUT2D eigenvalue weighted by molar-refractivity contribution is -0.00276. The summed E-state index contributed by atoms with van der Waals surface area (Å²) >= 11 is 0. The third-order valence-corrected chi connectivity index (χ3v) is 4.36. The first-order chi connectivity index (χ1) is 16.3. The van der Waals surface area contributed by atoms with Gasteiger partial charge in [-0.1, -0.05) is 6.92 Å². The van der Waals surface area contributed by atoms with E-state index in [1.807, 2.05) is 0 Å². The molecule has 10 nitrogen and oxygen atoms in total. The van der Waals surface area contributed by atoms with Gasteiger partial charge in [0.25, 0.3) is 0 Å². The van der Waals surface area contributed by atoms with Gasteiger partial charge in [0, 0.05) is 40.5 Å². The van der Waals surface area contributed by atoms with Crippen LogP contribution in [0.15, 0.2) is 0 Å². The highest BCUT2D eigenvalue weighted by Gasteiger charge is 2.06. The van der Waals surface area contributed by atoms with Crippen molar-refractivity contribution in [2.45, 2.75) is 13.3 Å². The fraction of sp³-hybridized carbons (Fsp3) is 1.00. The van der Waals surface area contributed by atoms with E-state index in [-0.39, 0.29) is 0 Å². The van der Waals surface area contributed by atoms with Crippen molar-refractivity contribution in [2.24, 2.45) is 0 Å². The number of ether oxygens (including phenoxy) is 9. The van der Waals surface area contributed by atoms with Gasteiger partial charge in [-0.05, 0) is 6.42 Å². The van der Waals surface area contributed by atoms with E-state index in [9.17, 15) is 0 Å². The number of hydrogen-bond donors (Lipinski definition) is 0. The minimum absolute atomic E-state index is 0.572. The summed E-state index contributed by atoms with van der Waals surface area (Å²) in [5, 5.41) is 0. The van der Waals surface area contributed by atoms with Gasteiger partial charge in [0.1, 0.15) is 0 Å². The molecule has 0 aliphatic carbocycles. The summed E-state index contributed by atoms with van der Waals surface area (Å²) in [6.07, 6.45) is 1.03. The Kier molecular flexibility index (Phi) is 29.3. The predicted molar refractivity (Wildman–Crippen MR) is 126 cm³/mol. The maximum atomic E-state index is 5.70. The molecule has 0 radical (unpaired) electrons. The van der Waals surface area contributed by atoms with Gasteiger partial charge in [-0.2, -0.15) is 0 Å². The second-order valence-corrected chi connectivity index (χ2v) is 7.11. The molecule has 200 valence electrons. The normalized spacial score (nSPS) is 11.6. The highest BCUT2D eigenvalue weighted by Crippen LogP contribution is 1.93.